The minimum absolute atomic E-state index is 0.209. The van der Waals surface area contributed by atoms with E-state index < -0.39 is 0 Å². The van der Waals surface area contributed by atoms with Gasteiger partial charge in [0, 0.05) is 6.04 Å². The highest BCUT2D eigenvalue weighted by molar-refractivity contribution is 5.16. The average molecular weight is 246 g/mol. The number of rotatable bonds is 5. The summed E-state index contributed by atoms with van der Waals surface area (Å²) >= 11 is 0. The second kappa shape index (κ2) is 6.91. The Bertz CT molecular complexity index is 330. The number of nitrogens with two attached hydrogens (primary N) is 2. The summed E-state index contributed by atoms with van der Waals surface area (Å²) in [7, 11) is 0. The highest BCUT2D eigenvalue weighted by Crippen LogP contribution is 2.31. The average Bonchev–Trinajstić information content (AvgIpc) is 2.42. The smallest absolute Gasteiger partial charge is 0.0122 e. The van der Waals surface area contributed by atoms with E-state index in [2.05, 4.69) is 30.3 Å². The summed E-state index contributed by atoms with van der Waals surface area (Å²) < 4.78 is 0. The van der Waals surface area contributed by atoms with Crippen LogP contribution in [-0.4, -0.2) is 12.6 Å². The van der Waals surface area contributed by atoms with Crippen molar-refractivity contribution in [1.82, 2.24) is 0 Å². The molecule has 2 heteroatoms. The Kier molecular flexibility index (Phi) is 5.21. The molecule has 0 amide bonds. The van der Waals surface area contributed by atoms with Gasteiger partial charge in [-0.1, -0.05) is 62.4 Å². The van der Waals surface area contributed by atoms with Gasteiger partial charge in [-0.05, 0) is 30.4 Å². The molecule has 1 aromatic carbocycles. The summed E-state index contributed by atoms with van der Waals surface area (Å²) in [4.78, 5) is 0. The Labute approximate surface area is 111 Å². The molecule has 2 nitrogen and oxygen atoms in total. The van der Waals surface area contributed by atoms with E-state index >= 15 is 0 Å². The van der Waals surface area contributed by atoms with Crippen LogP contribution >= 0.6 is 0 Å². The van der Waals surface area contributed by atoms with Crippen LogP contribution in [0.3, 0.4) is 0 Å². The molecule has 2 unspecified atom stereocenters. The molecular formula is C16H26N2. The maximum atomic E-state index is 6.41. The fourth-order valence-electron chi connectivity index (χ4n) is 3.32. The van der Waals surface area contributed by atoms with Crippen LogP contribution in [0.15, 0.2) is 30.3 Å². The standard InChI is InChI=1S/C16H26N2/c17-12-15(14-9-5-2-6-10-14)16(18)11-13-7-3-1-4-8-13/h1,3-4,7-8,14-16H,2,5-6,9-12,17-18H2. The van der Waals surface area contributed by atoms with Crippen LogP contribution in [0, 0.1) is 11.8 Å². The van der Waals surface area contributed by atoms with Gasteiger partial charge in [0.25, 0.3) is 0 Å². The van der Waals surface area contributed by atoms with E-state index in [9.17, 15) is 0 Å². The Morgan fingerprint density at radius 3 is 2.33 bits per heavy atom. The molecule has 2 rings (SSSR count). The maximum Gasteiger partial charge on any atom is 0.0122 e. The molecule has 1 saturated carbocycles. The Morgan fingerprint density at radius 1 is 1.06 bits per heavy atom. The highest BCUT2D eigenvalue weighted by atomic mass is 14.7. The second-order valence-corrected chi connectivity index (χ2v) is 5.65. The lowest BCUT2D eigenvalue weighted by molar-refractivity contribution is 0.220. The van der Waals surface area contributed by atoms with Gasteiger partial charge in [-0.25, -0.2) is 0 Å². The first-order valence-corrected chi connectivity index (χ1v) is 7.31. The first kappa shape index (κ1) is 13.6. The molecule has 0 aromatic heterocycles. The minimum Gasteiger partial charge on any atom is -0.330 e. The van der Waals surface area contributed by atoms with Gasteiger partial charge in [0.05, 0.1) is 0 Å². The zero-order valence-corrected chi connectivity index (χ0v) is 11.2. The van der Waals surface area contributed by atoms with Crippen LogP contribution in [-0.2, 0) is 6.42 Å². The van der Waals surface area contributed by atoms with Crippen LogP contribution in [0.2, 0.25) is 0 Å². The summed E-state index contributed by atoms with van der Waals surface area (Å²) in [6.45, 7) is 0.735. The van der Waals surface area contributed by atoms with Crippen molar-refractivity contribution in [2.24, 2.45) is 23.3 Å². The lowest BCUT2D eigenvalue weighted by Crippen LogP contribution is -2.42. The van der Waals surface area contributed by atoms with Gasteiger partial charge in [-0.3, -0.25) is 0 Å². The second-order valence-electron chi connectivity index (χ2n) is 5.65. The van der Waals surface area contributed by atoms with Gasteiger partial charge in [-0.2, -0.15) is 0 Å². The van der Waals surface area contributed by atoms with Crippen LogP contribution in [0.25, 0.3) is 0 Å². The molecule has 2 atom stereocenters. The lowest BCUT2D eigenvalue weighted by Gasteiger charge is -2.33. The molecule has 1 fully saturated rings. The third-order valence-electron chi connectivity index (χ3n) is 4.39. The fourth-order valence-corrected chi connectivity index (χ4v) is 3.32. The quantitative estimate of drug-likeness (QED) is 0.839. The summed E-state index contributed by atoms with van der Waals surface area (Å²) in [5, 5.41) is 0. The summed E-state index contributed by atoms with van der Waals surface area (Å²) in [6, 6.07) is 10.7. The van der Waals surface area contributed by atoms with Crippen molar-refractivity contribution in [3.05, 3.63) is 35.9 Å². The molecule has 0 spiro atoms. The minimum atomic E-state index is 0.209. The first-order valence-electron chi connectivity index (χ1n) is 7.31. The largest absolute Gasteiger partial charge is 0.330 e. The molecular weight excluding hydrogens is 220 g/mol. The maximum absolute atomic E-state index is 6.41. The summed E-state index contributed by atoms with van der Waals surface area (Å²) in [6.07, 6.45) is 7.72. The summed E-state index contributed by atoms with van der Waals surface area (Å²) in [5.74, 6) is 1.24. The Balaban J connectivity index is 1.94. The summed E-state index contributed by atoms with van der Waals surface area (Å²) in [5.41, 5.74) is 13.7. The number of benzene rings is 1. The molecule has 0 heterocycles. The molecule has 0 saturated heterocycles. The van der Waals surface area contributed by atoms with E-state index in [4.69, 9.17) is 11.5 Å². The van der Waals surface area contributed by atoms with Crippen molar-refractivity contribution >= 4 is 0 Å². The van der Waals surface area contributed by atoms with Gasteiger partial charge in [0.1, 0.15) is 0 Å². The fraction of sp³-hybridized carbons (Fsp3) is 0.625. The van der Waals surface area contributed by atoms with Crippen molar-refractivity contribution in [3.63, 3.8) is 0 Å². The predicted molar refractivity (Wildman–Crippen MR) is 77.2 cm³/mol. The normalized spacial score (nSPS) is 20.6. The van der Waals surface area contributed by atoms with Gasteiger partial charge in [0.2, 0.25) is 0 Å². The van der Waals surface area contributed by atoms with E-state index in [1.165, 1.54) is 37.7 Å². The molecule has 1 aliphatic rings. The Morgan fingerprint density at radius 2 is 1.72 bits per heavy atom. The first-order chi connectivity index (χ1) is 8.81. The molecule has 1 aromatic rings. The van der Waals surface area contributed by atoms with Crippen molar-refractivity contribution in [2.45, 2.75) is 44.6 Å². The van der Waals surface area contributed by atoms with Crippen LogP contribution in [0.4, 0.5) is 0 Å². The highest BCUT2D eigenvalue weighted by Gasteiger charge is 2.27. The van der Waals surface area contributed by atoms with Crippen molar-refractivity contribution in [2.75, 3.05) is 6.54 Å². The van der Waals surface area contributed by atoms with Crippen molar-refractivity contribution in [3.8, 4) is 0 Å². The predicted octanol–water partition coefficient (Wildman–Crippen LogP) is 2.71. The third-order valence-corrected chi connectivity index (χ3v) is 4.39. The van der Waals surface area contributed by atoms with Gasteiger partial charge < -0.3 is 11.5 Å². The van der Waals surface area contributed by atoms with Crippen LogP contribution in [0.5, 0.6) is 0 Å². The van der Waals surface area contributed by atoms with Crippen LogP contribution in [0.1, 0.15) is 37.7 Å². The van der Waals surface area contributed by atoms with E-state index in [-0.39, 0.29) is 6.04 Å². The zero-order valence-electron chi connectivity index (χ0n) is 11.2. The van der Waals surface area contributed by atoms with Gasteiger partial charge in [0.15, 0.2) is 0 Å². The molecule has 0 aliphatic heterocycles. The molecule has 100 valence electrons. The molecule has 4 N–H and O–H groups in total. The van der Waals surface area contributed by atoms with Crippen molar-refractivity contribution < 1.29 is 0 Å². The van der Waals surface area contributed by atoms with Crippen molar-refractivity contribution in [1.29, 1.82) is 0 Å². The lowest BCUT2D eigenvalue weighted by atomic mass is 9.75. The molecule has 0 bridgehead atoms. The third kappa shape index (κ3) is 3.56. The molecule has 0 radical (unpaired) electrons. The van der Waals surface area contributed by atoms with Crippen LogP contribution < -0.4 is 11.5 Å². The van der Waals surface area contributed by atoms with E-state index in [0.717, 1.165) is 18.9 Å². The van der Waals surface area contributed by atoms with E-state index in [0.29, 0.717) is 5.92 Å². The SMILES string of the molecule is NCC(C(N)Cc1ccccc1)C1CCCCC1. The number of hydrogen-bond acceptors (Lipinski definition) is 2. The monoisotopic (exact) mass is 246 g/mol. The molecule has 1 aliphatic carbocycles. The van der Waals surface area contributed by atoms with Gasteiger partial charge >= 0.3 is 0 Å². The van der Waals surface area contributed by atoms with E-state index in [1.54, 1.807) is 0 Å². The topological polar surface area (TPSA) is 52.0 Å². The zero-order chi connectivity index (χ0) is 12.8. The number of hydrogen-bond donors (Lipinski definition) is 2. The van der Waals surface area contributed by atoms with Gasteiger partial charge in [-0.15, -0.1) is 0 Å². The van der Waals surface area contributed by atoms with E-state index in [1.807, 2.05) is 0 Å². The molecule has 18 heavy (non-hydrogen) atoms. The Hall–Kier alpha value is -0.860.